The molecule has 1 aliphatic heterocycles. The molecule has 1 aliphatic rings. The molecule has 218 valence electrons. The number of imidazole rings is 1. The minimum Gasteiger partial charge on any atom is -0.462 e. The number of carbonyl (C=O) groups is 1. The molecule has 40 heavy (non-hydrogen) atoms. The number of aromatic nitrogens is 4. The topological polar surface area (TPSA) is 173 Å². The number of ether oxygens (including phenoxy) is 2. The van der Waals surface area contributed by atoms with Gasteiger partial charge in [-0.05, 0) is 39.8 Å². The number of aliphatic hydroxyl groups excluding tert-OH is 1. The zero-order valence-corrected chi connectivity index (χ0v) is 23.7. The Morgan fingerprint density at radius 2 is 2.00 bits per heavy atom. The van der Waals surface area contributed by atoms with Gasteiger partial charge in [0.2, 0.25) is 0 Å². The van der Waals surface area contributed by atoms with Gasteiger partial charge in [-0.15, -0.1) is 0 Å². The number of esters is 1. The van der Waals surface area contributed by atoms with Crippen LogP contribution in [0, 0.1) is 12.3 Å². The van der Waals surface area contributed by atoms with Crippen LogP contribution in [-0.2, 0) is 23.4 Å². The number of nitrogens with two attached hydrogens (primary N) is 1. The summed E-state index contributed by atoms with van der Waals surface area (Å²) >= 11 is 0. The van der Waals surface area contributed by atoms with Gasteiger partial charge in [-0.25, -0.2) is 23.9 Å². The maximum absolute atomic E-state index is 15.9. The second-order valence-electron chi connectivity index (χ2n) is 10.1. The minimum atomic E-state index is -4.26. The molecule has 3 aromatic rings. The number of para-hydroxylation sites is 1. The van der Waals surface area contributed by atoms with E-state index < -0.39 is 63.0 Å². The number of anilines is 1. The lowest BCUT2D eigenvalue weighted by molar-refractivity contribution is -0.149. The van der Waals surface area contributed by atoms with Crippen LogP contribution < -0.4 is 15.3 Å². The van der Waals surface area contributed by atoms with E-state index in [1.54, 1.807) is 51.1 Å². The van der Waals surface area contributed by atoms with Gasteiger partial charge in [0.05, 0.1) is 37.2 Å². The van der Waals surface area contributed by atoms with E-state index in [1.165, 1.54) is 24.7 Å². The number of benzene rings is 1. The number of aliphatic hydroxyl groups is 1. The molecule has 3 unspecified atom stereocenters. The van der Waals surface area contributed by atoms with Gasteiger partial charge < -0.3 is 24.8 Å². The van der Waals surface area contributed by atoms with Crippen molar-refractivity contribution in [1.29, 1.82) is 0 Å². The third-order valence-corrected chi connectivity index (χ3v) is 8.16. The molecular weight excluding hydrogens is 546 g/mol. The molecule has 0 radical (unpaired) electrons. The van der Waals surface area contributed by atoms with Crippen LogP contribution in [0.25, 0.3) is 11.2 Å². The standard InChI is InChI=1S/C25H34FN6O7P/c1-14(2)37-24(34)15(3)31-40(35,39-17-9-7-6-8-10-17)36-11-18-25(5,12-33)20(26)23(38-18)32-13-28-19-21(27)29-16(4)30-22(19)32/h6-10,13-15,18,20,23,33H,11-12H2,1-5H3,(H,31,35)(H2,27,29,30)/t15-,18+,20?,23+,25?,40?/m0/s1. The first-order valence-corrected chi connectivity index (χ1v) is 14.3. The number of carbonyl (C=O) groups excluding carboxylic acids is 1. The number of rotatable bonds is 11. The number of fused-ring (bicyclic) bond motifs is 1. The third kappa shape index (κ3) is 6.11. The first kappa shape index (κ1) is 29.8. The van der Waals surface area contributed by atoms with Crippen LogP contribution in [0.5, 0.6) is 5.75 Å². The number of nitrogens with one attached hydrogen (secondary N) is 1. The fraction of sp³-hybridized carbons (Fsp3) is 0.520. The number of halogens is 1. The summed E-state index contributed by atoms with van der Waals surface area (Å²) in [7, 11) is -4.26. The Labute approximate surface area is 230 Å². The molecule has 4 N–H and O–H groups in total. The van der Waals surface area contributed by atoms with Crippen molar-refractivity contribution in [1.82, 2.24) is 24.6 Å². The number of hydrogen-bond acceptors (Lipinski definition) is 11. The second-order valence-corrected chi connectivity index (χ2v) is 11.8. The maximum Gasteiger partial charge on any atom is 0.459 e. The molecule has 0 bridgehead atoms. The van der Waals surface area contributed by atoms with Crippen LogP contribution in [-0.4, -0.2) is 68.2 Å². The van der Waals surface area contributed by atoms with Crippen LogP contribution in [0.1, 0.15) is 39.7 Å². The van der Waals surface area contributed by atoms with Crippen molar-refractivity contribution in [2.75, 3.05) is 18.9 Å². The van der Waals surface area contributed by atoms with E-state index in [4.69, 9.17) is 24.3 Å². The number of hydrogen-bond donors (Lipinski definition) is 3. The van der Waals surface area contributed by atoms with Crippen molar-refractivity contribution in [3.05, 3.63) is 42.5 Å². The largest absolute Gasteiger partial charge is 0.462 e. The average Bonchev–Trinajstić information content (AvgIpc) is 3.42. The number of nitrogen functional groups attached to an aromatic ring is 1. The van der Waals surface area contributed by atoms with Crippen molar-refractivity contribution in [2.24, 2.45) is 5.41 Å². The van der Waals surface area contributed by atoms with Crippen LogP contribution in [0.4, 0.5) is 10.2 Å². The van der Waals surface area contributed by atoms with E-state index in [-0.39, 0.29) is 22.7 Å². The minimum absolute atomic E-state index is 0.134. The molecule has 0 spiro atoms. The summed E-state index contributed by atoms with van der Waals surface area (Å²) in [6, 6.07) is 7.14. The van der Waals surface area contributed by atoms with Crippen molar-refractivity contribution in [3.63, 3.8) is 0 Å². The van der Waals surface area contributed by atoms with Crippen LogP contribution >= 0.6 is 7.75 Å². The van der Waals surface area contributed by atoms with Gasteiger partial charge >= 0.3 is 13.7 Å². The Bertz CT molecular complexity index is 1390. The smallest absolute Gasteiger partial charge is 0.459 e. The van der Waals surface area contributed by atoms with Crippen molar-refractivity contribution in [2.45, 2.75) is 65.3 Å². The Morgan fingerprint density at radius 3 is 2.65 bits per heavy atom. The van der Waals surface area contributed by atoms with Crippen molar-refractivity contribution in [3.8, 4) is 5.75 Å². The summed E-state index contributed by atoms with van der Waals surface area (Å²) in [6.45, 7) is 6.87. The summed E-state index contributed by atoms with van der Waals surface area (Å²) < 4.78 is 53.8. The molecule has 0 amide bonds. The van der Waals surface area contributed by atoms with Gasteiger partial charge in [-0.2, -0.15) is 5.09 Å². The van der Waals surface area contributed by atoms with E-state index in [1.807, 2.05) is 0 Å². The first-order valence-electron chi connectivity index (χ1n) is 12.7. The molecule has 15 heteroatoms. The van der Waals surface area contributed by atoms with Crippen LogP contribution in [0.3, 0.4) is 0 Å². The predicted octanol–water partition coefficient (Wildman–Crippen LogP) is 3.08. The van der Waals surface area contributed by atoms with E-state index in [9.17, 15) is 14.5 Å². The van der Waals surface area contributed by atoms with Crippen LogP contribution in [0.2, 0.25) is 0 Å². The summed E-state index contributed by atoms with van der Waals surface area (Å²) in [5, 5.41) is 12.8. The lowest BCUT2D eigenvalue weighted by atomic mass is 9.82. The van der Waals surface area contributed by atoms with Gasteiger partial charge in [-0.3, -0.25) is 13.9 Å². The molecule has 0 saturated carbocycles. The summed E-state index contributed by atoms with van der Waals surface area (Å²) in [5.74, 6) is 0.0359. The van der Waals surface area contributed by atoms with E-state index in [2.05, 4.69) is 20.0 Å². The molecule has 0 aliphatic carbocycles. The van der Waals surface area contributed by atoms with Gasteiger partial charge in [-0.1, -0.05) is 25.1 Å². The molecule has 3 heterocycles. The highest BCUT2D eigenvalue weighted by Crippen LogP contribution is 2.50. The lowest BCUT2D eigenvalue weighted by Crippen LogP contribution is -2.42. The fourth-order valence-corrected chi connectivity index (χ4v) is 5.75. The number of aryl methyl sites for hydroxylation is 1. The molecule has 6 atom stereocenters. The van der Waals surface area contributed by atoms with E-state index in [0.29, 0.717) is 5.82 Å². The Hall–Kier alpha value is -3.16. The van der Waals surface area contributed by atoms with Crippen LogP contribution in [0.15, 0.2) is 36.7 Å². The molecule has 2 aromatic heterocycles. The lowest BCUT2D eigenvalue weighted by Gasteiger charge is -2.30. The second kappa shape index (κ2) is 11.8. The molecule has 1 fully saturated rings. The van der Waals surface area contributed by atoms with Gasteiger partial charge in [0.15, 0.2) is 23.9 Å². The summed E-state index contributed by atoms with van der Waals surface area (Å²) in [5.41, 5.74) is 5.01. The van der Waals surface area contributed by atoms with Gasteiger partial charge in [0, 0.05) is 0 Å². The van der Waals surface area contributed by atoms with Gasteiger partial charge in [0.1, 0.15) is 23.1 Å². The highest BCUT2D eigenvalue weighted by Gasteiger charge is 2.56. The molecule has 1 aromatic carbocycles. The third-order valence-electron chi connectivity index (χ3n) is 6.52. The highest BCUT2D eigenvalue weighted by atomic mass is 31.2. The summed E-state index contributed by atoms with van der Waals surface area (Å²) in [6.07, 6.45) is -3.16. The maximum atomic E-state index is 15.9. The Morgan fingerprint density at radius 1 is 1.30 bits per heavy atom. The molecular formula is C25H34FN6O7P. The van der Waals surface area contributed by atoms with Crippen molar-refractivity contribution >= 4 is 30.7 Å². The zero-order valence-electron chi connectivity index (χ0n) is 22.9. The number of nitrogens with zero attached hydrogens (tertiary/aromatic N) is 4. The van der Waals surface area contributed by atoms with E-state index >= 15 is 4.39 Å². The number of alkyl halides is 1. The average molecular weight is 581 g/mol. The summed E-state index contributed by atoms with van der Waals surface area (Å²) in [4.78, 5) is 25.0. The van der Waals surface area contributed by atoms with E-state index in [0.717, 1.165) is 0 Å². The fourth-order valence-electron chi connectivity index (χ4n) is 4.26. The zero-order chi connectivity index (χ0) is 29.2. The van der Waals surface area contributed by atoms with Crippen molar-refractivity contribution < 1.29 is 37.4 Å². The molecule has 1 saturated heterocycles. The molecule has 4 rings (SSSR count). The Balaban J connectivity index is 1.59. The monoisotopic (exact) mass is 580 g/mol. The molecule has 13 nitrogen and oxygen atoms in total. The predicted molar refractivity (Wildman–Crippen MR) is 143 cm³/mol. The quantitative estimate of drug-likeness (QED) is 0.224. The first-order chi connectivity index (χ1) is 18.9. The highest BCUT2D eigenvalue weighted by molar-refractivity contribution is 7.52. The SMILES string of the molecule is Cc1nc(N)c2ncn([C@@H]3O[C@H](COP(=O)(N[C@@H](C)C(=O)OC(C)C)Oc4ccccc4)C(C)(CO)C3F)c2n1. The normalized spacial score (nSPS) is 25.1. The Kier molecular flexibility index (Phi) is 8.76. The van der Waals surface area contributed by atoms with Gasteiger partial charge in [0.25, 0.3) is 0 Å².